The molecule has 0 saturated carbocycles. The second kappa shape index (κ2) is 5.84. The van der Waals surface area contributed by atoms with Crippen LogP contribution in [0.2, 0.25) is 0 Å². The molecule has 0 spiro atoms. The summed E-state index contributed by atoms with van der Waals surface area (Å²) in [5.41, 5.74) is 0. The molecule has 2 atom stereocenters. The summed E-state index contributed by atoms with van der Waals surface area (Å²) in [6.45, 7) is 4.54. The minimum atomic E-state index is -0.999. The molecule has 92 valence electrons. The molecule has 1 aliphatic rings. The number of hydrogen-bond acceptors (Lipinski definition) is 4. The lowest BCUT2D eigenvalue weighted by Crippen LogP contribution is -2.46. The molecule has 1 fully saturated rings. The van der Waals surface area contributed by atoms with E-state index in [4.69, 9.17) is 4.74 Å². The number of aliphatic hydroxyl groups excluding tert-OH is 1. The van der Waals surface area contributed by atoms with Crippen molar-refractivity contribution in [1.82, 2.24) is 4.90 Å². The molecule has 0 aliphatic carbocycles. The summed E-state index contributed by atoms with van der Waals surface area (Å²) in [5, 5.41) is 9.19. The summed E-state index contributed by atoms with van der Waals surface area (Å²) >= 11 is 0. The Morgan fingerprint density at radius 3 is 2.81 bits per heavy atom. The first-order valence-electron chi connectivity index (χ1n) is 5.69. The van der Waals surface area contributed by atoms with E-state index < -0.39 is 6.10 Å². The Labute approximate surface area is 95.4 Å². The van der Waals surface area contributed by atoms with Crippen LogP contribution in [0, 0.1) is 5.92 Å². The van der Waals surface area contributed by atoms with Crippen molar-refractivity contribution in [3.05, 3.63) is 0 Å². The topological polar surface area (TPSA) is 66.8 Å². The van der Waals surface area contributed by atoms with E-state index in [1.54, 1.807) is 6.92 Å². The van der Waals surface area contributed by atoms with Crippen molar-refractivity contribution < 1.29 is 19.4 Å². The van der Waals surface area contributed by atoms with Gasteiger partial charge < -0.3 is 14.7 Å². The maximum absolute atomic E-state index is 11.5. The molecular weight excluding hydrogens is 210 g/mol. The van der Waals surface area contributed by atoms with E-state index in [2.05, 4.69) is 0 Å². The van der Waals surface area contributed by atoms with Gasteiger partial charge in [-0.1, -0.05) is 0 Å². The van der Waals surface area contributed by atoms with Gasteiger partial charge in [0.25, 0.3) is 5.91 Å². The third-order valence-corrected chi connectivity index (χ3v) is 2.71. The molecule has 0 unspecified atom stereocenters. The van der Waals surface area contributed by atoms with Crippen molar-refractivity contribution in [2.75, 3.05) is 19.7 Å². The largest absolute Gasteiger partial charge is 0.466 e. The molecule has 0 radical (unpaired) electrons. The van der Waals surface area contributed by atoms with E-state index in [1.165, 1.54) is 11.8 Å². The molecule has 0 aromatic heterocycles. The van der Waals surface area contributed by atoms with Gasteiger partial charge in [0.1, 0.15) is 6.10 Å². The summed E-state index contributed by atoms with van der Waals surface area (Å²) < 4.78 is 4.93. The standard InChI is InChI=1S/C11H19NO4/c1-3-16-11(15)9-5-4-6-12(7-9)10(14)8(2)13/h8-9,13H,3-7H2,1-2H3/t8-,9-/m0/s1. The fourth-order valence-corrected chi connectivity index (χ4v) is 1.89. The van der Waals surface area contributed by atoms with Crippen molar-refractivity contribution in [3.8, 4) is 0 Å². The first kappa shape index (κ1) is 13.0. The summed E-state index contributed by atoms with van der Waals surface area (Å²) in [4.78, 5) is 24.6. The van der Waals surface area contributed by atoms with Crippen LogP contribution in [-0.2, 0) is 14.3 Å². The second-order valence-corrected chi connectivity index (χ2v) is 4.05. The van der Waals surface area contributed by atoms with Gasteiger partial charge in [-0.25, -0.2) is 0 Å². The highest BCUT2D eigenvalue weighted by atomic mass is 16.5. The van der Waals surface area contributed by atoms with E-state index in [0.717, 1.165) is 12.8 Å². The zero-order valence-corrected chi connectivity index (χ0v) is 9.81. The zero-order valence-electron chi connectivity index (χ0n) is 9.81. The van der Waals surface area contributed by atoms with Crippen LogP contribution in [0.3, 0.4) is 0 Å². The number of piperidine rings is 1. The fourth-order valence-electron chi connectivity index (χ4n) is 1.89. The molecular formula is C11H19NO4. The number of likely N-dealkylation sites (tertiary alicyclic amines) is 1. The van der Waals surface area contributed by atoms with Crippen molar-refractivity contribution in [3.63, 3.8) is 0 Å². The molecule has 1 amide bonds. The van der Waals surface area contributed by atoms with Gasteiger partial charge in [0, 0.05) is 13.1 Å². The lowest BCUT2D eigenvalue weighted by atomic mass is 9.98. The highest BCUT2D eigenvalue weighted by molar-refractivity contribution is 5.81. The van der Waals surface area contributed by atoms with Gasteiger partial charge in [0.05, 0.1) is 12.5 Å². The number of amides is 1. The normalized spacial score (nSPS) is 22.7. The van der Waals surface area contributed by atoms with Gasteiger partial charge in [-0.3, -0.25) is 9.59 Å². The molecule has 0 bridgehead atoms. The highest BCUT2D eigenvalue weighted by Crippen LogP contribution is 2.18. The van der Waals surface area contributed by atoms with Crippen molar-refractivity contribution >= 4 is 11.9 Å². The number of carbonyl (C=O) groups is 2. The van der Waals surface area contributed by atoms with Crippen LogP contribution in [0.25, 0.3) is 0 Å². The number of rotatable bonds is 3. The highest BCUT2D eigenvalue weighted by Gasteiger charge is 2.30. The maximum Gasteiger partial charge on any atom is 0.310 e. The summed E-state index contributed by atoms with van der Waals surface area (Å²) in [6.07, 6.45) is 0.533. The number of esters is 1. The first-order valence-corrected chi connectivity index (χ1v) is 5.69. The van der Waals surface area contributed by atoms with E-state index >= 15 is 0 Å². The summed E-state index contributed by atoms with van der Waals surface area (Å²) in [7, 11) is 0. The van der Waals surface area contributed by atoms with Gasteiger partial charge in [-0.05, 0) is 26.7 Å². The molecule has 0 aromatic carbocycles. The van der Waals surface area contributed by atoms with E-state index in [-0.39, 0.29) is 17.8 Å². The lowest BCUT2D eigenvalue weighted by molar-refractivity contribution is -0.152. The number of ether oxygens (including phenoxy) is 1. The lowest BCUT2D eigenvalue weighted by Gasteiger charge is -2.32. The number of aliphatic hydroxyl groups is 1. The summed E-state index contributed by atoms with van der Waals surface area (Å²) in [6, 6.07) is 0. The zero-order chi connectivity index (χ0) is 12.1. The Hall–Kier alpha value is -1.10. The van der Waals surface area contributed by atoms with Gasteiger partial charge in [0.2, 0.25) is 0 Å². The Bertz CT molecular complexity index is 265. The van der Waals surface area contributed by atoms with Gasteiger partial charge in [0.15, 0.2) is 0 Å². The van der Waals surface area contributed by atoms with Crippen LogP contribution in [0.1, 0.15) is 26.7 Å². The Balaban J connectivity index is 2.53. The van der Waals surface area contributed by atoms with Crippen LogP contribution < -0.4 is 0 Å². The Kier molecular flexibility index (Phi) is 4.73. The molecule has 0 aromatic rings. The van der Waals surface area contributed by atoms with Crippen molar-refractivity contribution in [1.29, 1.82) is 0 Å². The third kappa shape index (κ3) is 3.20. The average molecular weight is 229 g/mol. The van der Waals surface area contributed by atoms with Crippen LogP contribution in [0.5, 0.6) is 0 Å². The molecule has 1 heterocycles. The monoisotopic (exact) mass is 229 g/mol. The SMILES string of the molecule is CCOC(=O)[C@H]1CCCN(C(=O)[C@H](C)O)C1. The van der Waals surface area contributed by atoms with Gasteiger partial charge in [-0.15, -0.1) is 0 Å². The van der Waals surface area contributed by atoms with Crippen molar-refractivity contribution in [2.45, 2.75) is 32.8 Å². The molecule has 5 nitrogen and oxygen atoms in total. The first-order chi connectivity index (χ1) is 7.56. The van der Waals surface area contributed by atoms with E-state index in [1.807, 2.05) is 0 Å². The fraction of sp³-hybridized carbons (Fsp3) is 0.818. The molecule has 16 heavy (non-hydrogen) atoms. The van der Waals surface area contributed by atoms with Crippen LogP contribution >= 0.6 is 0 Å². The molecule has 5 heteroatoms. The van der Waals surface area contributed by atoms with Crippen molar-refractivity contribution in [2.24, 2.45) is 5.92 Å². The second-order valence-electron chi connectivity index (χ2n) is 4.05. The smallest absolute Gasteiger partial charge is 0.310 e. The molecule has 1 rings (SSSR count). The molecule has 1 aliphatic heterocycles. The number of hydrogen-bond donors (Lipinski definition) is 1. The van der Waals surface area contributed by atoms with Crippen LogP contribution in [0.4, 0.5) is 0 Å². The molecule has 1 saturated heterocycles. The number of nitrogens with zero attached hydrogens (tertiary/aromatic N) is 1. The maximum atomic E-state index is 11.5. The Morgan fingerprint density at radius 1 is 1.56 bits per heavy atom. The van der Waals surface area contributed by atoms with Gasteiger partial charge >= 0.3 is 5.97 Å². The van der Waals surface area contributed by atoms with E-state index in [0.29, 0.717) is 19.7 Å². The predicted octanol–water partition coefficient (Wildman–Crippen LogP) is 0.169. The van der Waals surface area contributed by atoms with E-state index in [9.17, 15) is 14.7 Å². The third-order valence-electron chi connectivity index (χ3n) is 2.71. The Morgan fingerprint density at radius 2 is 2.25 bits per heavy atom. The molecule has 1 N–H and O–H groups in total. The summed E-state index contributed by atoms with van der Waals surface area (Å²) in [5.74, 6) is -0.795. The minimum Gasteiger partial charge on any atom is -0.466 e. The number of carbonyl (C=O) groups excluding carboxylic acids is 2. The average Bonchev–Trinajstić information content (AvgIpc) is 2.28. The predicted molar refractivity (Wildman–Crippen MR) is 57.6 cm³/mol. The van der Waals surface area contributed by atoms with Crippen LogP contribution in [0.15, 0.2) is 0 Å². The van der Waals surface area contributed by atoms with Crippen LogP contribution in [-0.4, -0.2) is 47.7 Å². The van der Waals surface area contributed by atoms with Gasteiger partial charge in [-0.2, -0.15) is 0 Å². The quantitative estimate of drug-likeness (QED) is 0.700. The minimum absolute atomic E-state index is 0.239.